The molecule has 0 aliphatic heterocycles. The van der Waals surface area contributed by atoms with Crippen LogP contribution in [0.5, 0.6) is 5.75 Å². The van der Waals surface area contributed by atoms with Gasteiger partial charge in [0.05, 0.1) is 6.61 Å². The van der Waals surface area contributed by atoms with Crippen LogP contribution in [0.25, 0.3) is 11.1 Å². The van der Waals surface area contributed by atoms with Crippen LogP contribution >= 0.6 is 0 Å². The first kappa shape index (κ1) is 11.2. The molecule has 0 fully saturated rings. The fraction of sp³-hybridized carbons (Fsp3) is 0.167. The van der Waals surface area contributed by atoms with Gasteiger partial charge < -0.3 is 10.5 Å². The van der Waals surface area contributed by atoms with E-state index in [1.54, 1.807) is 0 Å². The number of ether oxygens (including phenoxy) is 1. The summed E-state index contributed by atoms with van der Waals surface area (Å²) in [6.07, 6.45) is 1.46. The summed E-state index contributed by atoms with van der Waals surface area (Å²) < 4.78 is 5.34. The van der Waals surface area contributed by atoms with Gasteiger partial charge in [-0.2, -0.15) is 0 Å². The zero-order valence-electron chi connectivity index (χ0n) is 9.43. The standard InChI is InChI=1S/C12H13N3O2/c1-2-17-9-5-3-8(4-6-9)10-7-14-12(16)15-11(10)13/h3-7H,2H2,1H3,(H3,13,14,15,16). The Bertz CT molecular complexity index is 561. The number of aromatic amines is 1. The van der Waals surface area contributed by atoms with Crippen LogP contribution in [0.3, 0.4) is 0 Å². The second-order valence-corrected chi connectivity index (χ2v) is 3.47. The van der Waals surface area contributed by atoms with Crippen molar-refractivity contribution in [3.05, 3.63) is 40.9 Å². The number of nitrogen functional groups attached to an aromatic ring is 1. The lowest BCUT2D eigenvalue weighted by Gasteiger charge is -2.06. The molecule has 0 spiro atoms. The zero-order chi connectivity index (χ0) is 12.3. The summed E-state index contributed by atoms with van der Waals surface area (Å²) in [5.74, 6) is 1.11. The Morgan fingerprint density at radius 1 is 1.35 bits per heavy atom. The molecule has 1 aromatic heterocycles. The average Bonchev–Trinajstić information content (AvgIpc) is 2.31. The highest BCUT2D eigenvalue weighted by atomic mass is 16.5. The molecule has 0 aliphatic carbocycles. The molecule has 5 heteroatoms. The second-order valence-electron chi connectivity index (χ2n) is 3.47. The molecule has 0 aliphatic rings. The topological polar surface area (TPSA) is 81.0 Å². The van der Waals surface area contributed by atoms with Gasteiger partial charge in [-0.15, -0.1) is 0 Å². The van der Waals surface area contributed by atoms with Crippen molar-refractivity contribution < 1.29 is 4.74 Å². The lowest BCUT2D eigenvalue weighted by atomic mass is 10.1. The number of nitrogens with two attached hydrogens (primary N) is 1. The monoisotopic (exact) mass is 231 g/mol. The SMILES string of the molecule is CCOc1ccc(-c2cnc(=O)[nH]c2N)cc1. The van der Waals surface area contributed by atoms with E-state index in [9.17, 15) is 4.79 Å². The van der Waals surface area contributed by atoms with Crippen molar-refractivity contribution in [3.8, 4) is 16.9 Å². The van der Waals surface area contributed by atoms with Crippen molar-refractivity contribution in [1.29, 1.82) is 0 Å². The number of rotatable bonds is 3. The Morgan fingerprint density at radius 2 is 2.06 bits per heavy atom. The maximum absolute atomic E-state index is 10.9. The quantitative estimate of drug-likeness (QED) is 0.837. The first-order chi connectivity index (χ1) is 8.20. The molecule has 0 saturated carbocycles. The van der Waals surface area contributed by atoms with E-state index in [1.165, 1.54) is 6.20 Å². The lowest BCUT2D eigenvalue weighted by Crippen LogP contribution is -2.12. The zero-order valence-corrected chi connectivity index (χ0v) is 9.43. The normalized spacial score (nSPS) is 10.2. The molecule has 0 bridgehead atoms. The number of benzene rings is 1. The van der Waals surface area contributed by atoms with E-state index in [-0.39, 0.29) is 0 Å². The van der Waals surface area contributed by atoms with E-state index in [4.69, 9.17) is 10.5 Å². The smallest absolute Gasteiger partial charge is 0.346 e. The summed E-state index contributed by atoms with van der Waals surface area (Å²) in [5, 5.41) is 0. The van der Waals surface area contributed by atoms with Crippen molar-refractivity contribution >= 4 is 5.82 Å². The number of aromatic nitrogens is 2. The fourth-order valence-corrected chi connectivity index (χ4v) is 1.53. The van der Waals surface area contributed by atoms with Crippen LogP contribution in [-0.2, 0) is 0 Å². The number of hydrogen-bond acceptors (Lipinski definition) is 4. The van der Waals surface area contributed by atoms with Gasteiger partial charge in [0.1, 0.15) is 11.6 Å². The predicted octanol–water partition coefficient (Wildman–Crippen LogP) is 1.42. The molecule has 0 atom stereocenters. The van der Waals surface area contributed by atoms with Gasteiger partial charge in [0.15, 0.2) is 0 Å². The van der Waals surface area contributed by atoms with Crippen molar-refractivity contribution in [2.75, 3.05) is 12.3 Å². The molecule has 0 radical (unpaired) electrons. The van der Waals surface area contributed by atoms with E-state index in [0.717, 1.165) is 11.3 Å². The highest BCUT2D eigenvalue weighted by Gasteiger charge is 2.04. The highest BCUT2D eigenvalue weighted by molar-refractivity contribution is 5.72. The maximum atomic E-state index is 10.9. The number of hydrogen-bond donors (Lipinski definition) is 2. The molecule has 3 N–H and O–H groups in total. The van der Waals surface area contributed by atoms with Gasteiger partial charge in [-0.1, -0.05) is 12.1 Å². The molecular weight excluding hydrogens is 218 g/mol. The van der Waals surface area contributed by atoms with E-state index in [1.807, 2.05) is 31.2 Å². The van der Waals surface area contributed by atoms with Gasteiger partial charge in [-0.3, -0.25) is 4.98 Å². The molecule has 5 nitrogen and oxygen atoms in total. The summed E-state index contributed by atoms with van der Waals surface area (Å²) in [7, 11) is 0. The van der Waals surface area contributed by atoms with Crippen LogP contribution in [0, 0.1) is 0 Å². The van der Waals surface area contributed by atoms with E-state index in [0.29, 0.717) is 18.0 Å². The van der Waals surface area contributed by atoms with Gasteiger partial charge in [-0.05, 0) is 24.6 Å². The van der Waals surface area contributed by atoms with Gasteiger partial charge in [0, 0.05) is 11.8 Å². The van der Waals surface area contributed by atoms with Crippen LogP contribution < -0.4 is 16.2 Å². The Hall–Kier alpha value is -2.30. The molecule has 1 aromatic carbocycles. The molecule has 0 amide bonds. The molecule has 0 unspecified atom stereocenters. The summed E-state index contributed by atoms with van der Waals surface area (Å²) >= 11 is 0. The lowest BCUT2D eigenvalue weighted by molar-refractivity contribution is 0.340. The van der Waals surface area contributed by atoms with Crippen molar-refractivity contribution in [2.45, 2.75) is 6.92 Å². The van der Waals surface area contributed by atoms with Crippen LogP contribution in [-0.4, -0.2) is 16.6 Å². The number of H-pyrrole nitrogens is 1. The molecule has 17 heavy (non-hydrogen) atoms. The highest BCUT2D eigenvalue weighted by Crippen LogP contribution is 2.24. The molecular formula is C12H13N3O2. The van der Waals surface area contributed by atoms with Gasteiger partial charge in [-0.25, -0.2) is 9.78 Å². The third-order valence-electron chi connectivity index (χ3n) is 2.32. The average molecular weight is 231 g/mol. The Balaban J connectivity index is 2.36. The van der Waals surface area contributed by atoms with Crippen molar-refractivity contribution in [1.82, 2.24) is 9.97 Å². The van der Waals surface area contributed by atoms with Crippen LogP contribution in [0.2, 0.25) is 0 Å². The van der Waals surface area contributed by atoms with Crippen LogP contribution in [0.1, 0.15) is 6.92 Å². The Kier molecular flexibility index (Phi) is 3.09. The molecule has 1 heterocycles. The number of nitrogens with zero attached hydrogens (tertiary/aromatic N) is 1. The molecule has 2 aromatic rings. The minimum Gasteiger partial charge on any atom is -0.494 e. The van der Waals surface area contributed by atoms with E-state index in [2.05, 4.69) is 9.97 Å². The molecule has 88 valence electrons. The molecule has 2 rings (SSSR count). The Labute approximate surface area is 98.3 Å². The van der Waals surface area contributed by atoms with Crippen molar-refractivity contribution in [3.63, 3.8) is 0 Å². The maximum Gasteiger partial charge on any atom is 0.346 e. The van der Waals surface area contributed by atoms with Gasteiger partial charge in [0.2, 0.25) is 0 Å². The summed E-state index contributed by atoms with van der Waals surface area (Å²) in [5.41, 5.74) is 6.86. The third kappa shape index (κ3) is 2.44. The van der Waals surface area contributed by atoms with Gasteiger partial charge in [0.25, 0.3) is 0 Å². The Morgan fingerprint density at radius 3 is 2.65 bits per heavy atom. The van der Waals surface area contributed by atoms with E-state index >= 15 is 0 Å². The first-order valence-electron chi connectivity index (χ1n) is 5.28. The number of anilines is 1. The number of nitrogens with one attached hydrogen (secondary N) is 1. The van der Waals surface area contributed by atoms with Crippen molar-refractivity contribution in [2.24, 2.45) is 0 Å². The third-order valence-corrected chi connectivity index (χ3v) is 2.32. The first-order valence-corrected chi connectivity index (χ1v) is 5.28. The van der Waals surface area contributed by atoms with E-state index < -0.39 is 5.69 Å². The largest absolute Gasteiger partial charge is 0.494 e. The summed E-state index contributed by atoms with van der Waals surface area (Å²) in [6.45, 7) is 2.56. The minimum absolute atomic E-state index is 0.314. The van der Waals surface area contributed by atoms with Crippen LogP contribution in [0.15, 0.2) is 35.3 Å². The fourth-order valence-electron chi connectivity index (χ4n) is 1.53. The summed E-state index contributed by atoms with van der Waals surface area (Å²) in [6, 6.07) is 7.44. The minimum atomic E-state index is -0.447. The predicted molar refractivity (Wildman–Crippen MR) is 65.9 cm³/mol. The molecule has 0 saturated heterocycles. The van der Waals surface area contributed by atoms with Gasteiger partial charge >= 0.3 is 5.69 Å². The summed E-state index contributed by atoms with van der Waals surface area (Å²) in [4.78, 5) is 17.1. The second kappa shape index (κ2) is 4.69. The van der Waals surface area contributed by atoms with Crippen LogP contribution in [0.4, 0.5) is 5.82 Å².